The zero-order valence-electron chi connectivity index (χ0n) is 9.55. The van der Waals surface area contributed by atoms with Crippen LogP contribution in [0.4, 0.5) is 0 Å². The molecule has 2 radical (unpaired) electrons. The molecule has 0 saturated carbocycles. The highest BCUT2D eigenvalue weighted by Crippen LogP contribution is 2.40. The maximum Gasteiger partial charge on any atom is 0.135 e. The second-order valence-electron chi connectivity index (χ2n) is 4.24. The second-order valence-corrected chi connectivity index (χ2v) is 4.24. The van der Waals surface area contributed by atoms with Gasteiger partial charge in [0.05, 0.1) is 7.85 Å². The molecule has 0 spiro atoms. The number of rotatable bonds is 5. The Bertz CT molecular complexity index is 179. The van der Waals surface area contributed by atoms with Gasteiger partial charge in [0.1, 0.15) is 5.78 Å². The van der Waals surface area contributed by atoms with Crippen molar-refractivity contribution in [2.75, 3.05) is 0 Å². The fraction of sp³-hybridized carbons (Fsp3) is 0.909. The Balaban J connectivity index is 4.65. The summed E-state index contributed by atoms with van der Waals surface area (Å²) >= 11 is 0. The number of carbonyl (C=O) groups is 1. The van der Waals surface area contributed by atoms with Crippen LogP contribution in [0, 0.1) is 11.3 Å². The minimum absolute atomic E-state index is 0.0139. The third kappa shape index (κ3) is 2.59. The second kappa shape index (κ2) is 4.83. The van der Waals surface area contributed by atoms with Crippen LogP contribution in [0.2, 0.25) is 5.82 Å². The molecule has 74 valence electrons. The van der Waals surface area contributed by atoms with Crippen molar-refractivity contribution >= 4 is 13.6 Å². The van der Waals surface area contributed by atoms with Crippen molar-refractivity contribution < 1.29 is 4.79 Å². The molecule has 1 nitrogen and oxygen atoms in total. The van der Waals surface area contributed by atoms with Crippen LogP contribution in [0.15, 0.2) is 0 Å². The first-order chi connectivity index (χ1) is 5.90. The average Bonchev–Trinajstić information content (AvgIpc) is 2.13. The third-order valence-electron chi connectivity index (χ3n) is 3.53. The van der Waals surface area contributed by atoms with Gasteiger partial charge in [-0.15, -0.1) is 0 Å². The van der Waals surface area contributed by atoms with Crippen LogP contribution in [0.5, 0.6) is 0 Å². The molecule has 13 heavy (non-hydrogen) atoms. The molecule has 0 heterocycles. The minimum atomic E-state index is -0.338. The summed E-state index contributed by atoms with van der Waals surface area (Å²) in [6.07, 6.45) is 1.86. The van der Waals surface area contributed by atoms with Crippen LogP contribution < -0.4 is 0 Å². The maximum absolute atomic E-state index is 11.5. The molecule has 0 N–H and O–H groups in total. The highest BCUT2D eigenvalue weighted by Gasteiger charge is 2.35. The molecule has 0 rings (SSSR count). The van der Waals surface area contributed by atoms with Crippen molar-refractivity contribution in [3.63, 3.8) is 0 Å². The van der Waals surface area contributed by atoms with E-state index < -0.39 is 0 Å². The molecular formula is C11H21BO. The monoisotopic (exact) mass is 180 g/mol. The standard InChI is InChI=1S/C11H21BO/c1-6-8(3)10(12)11(5,7-2)9(4)13/h8,10H,6-7H2,1-5H3. The van der Waals surface area contributed by atoms with Crippen LogP contribution >= 0.6 is 0 Å². The van der Waals surface area contributed by atoms with Crippen molar-refractivity contribution in [3.8, 4) is 0 Å². The van der Waals surface area contributed by atoms with E-state index in [2.05, 4.69) is 13.8 Å². The Morgan fingerprint density at radius 3 is 2.15 bits per heavy atom. The summed E-state index contributed by atoms with van der Waals surface area (Å²) in [4.78, 5) is 11.5. The number of Topliss-reactive ketones (excluding diaryl/α,β-unsaturated/α-hetero) is 1. The van der Waals surface area contributed by atoms with E-state index in [1.807, 2.05) is 13.8 Å². The first kappa shape index (κ1) is 12.7. The lowest BCUT2D eigenvalue weighted by atomic mass is 9.57. The first-order valence-electron chi connectivity index (χ1n) is 5.16. The van der Waals surface area contributed by atoms with Crippen LogP contribution in [0.1, 0.15) is 47.5 Å². The van der Waals surface area contributed by atoms with Gasteiger partial charge in [-0.2, -0.15) is 0 Å². The van der Waals surface area contributed by atoms with Gasteiger partial charge in [0.25, 0.3) is 0 Å². The zero-order chi connectivity index (χ0) is 10.6. The van der Waals surface area contributed by atoms with E-state index in [9.17, 15) is 4.79 Å². The number of hydrogen-bond donors (Lipinski definition) is 0. The maximum atomic E-state index is 11.5. The van der Waals surface area contributed by atoms with E-state index in [4.69, 9.17) is 7.85 Å². The summed E-state index contributed by atoms with van der Waals surface area (Å²) in [5.74, 6) is 0.608. The summed E-state index contributed by atoms with van der Waals surface area (Å²) in [6, 6.07) is 0. The fourth-order valence-electron chi connectivity index (χ4n) is 1.60. The highest BCUT2D eigenvalue weighted by atomic mass is 16.1. The predicted octanol–water partition coefficient (Wildman–Crippen LogP) is 2.99. The van der Waals surface area contributed by atoms with Crippen LogP contribution in [0.25, 0.3) is 0 Å². The Morgan fingerprint density at radius 1 is 1.46 bits per heavy atom. The average molecular weight is 180 g/mol. The van der Waals surface area contributed by atoms with Crippen LogP contribution in [-0.4, -0.2) is 13.6 Å². The van der Waals surface area contributed by atoms with Gasteiger partial charge in [-0.1, -0.05) is 39.9 Å². The quantitative estimate of drug-likeness (QED) is 0.594. The summed E-state index contributed by atoms with van der Waals surface area (Å²) in [6.45, 7) is 9.88. The lowest BCUT2D eigenvalue weighted by Crippen LogP contribution is -2.33. The summed E-state index contributed by atoms with van der Waals surface area (Å²) in [7, 11) is 6.10. The summed E-state index contributed by atoms with van der Waals surface area (Å²) in [5.41, 5.74) is -0.338. The molecule has 0 saturated heterocycles. The first-order valence-corrected chi connectivity index (χ1v) is 5.16. The van der Waals surface area contributed by atoms with Crippen molar-refractivity contribution in [1.29, 1.82) is 0 Å². The Morgan fingerprint density at radius 2 is 1.92 bits per heavy atom. The third-order valence-corrected chi connectivity index (χ3v) is 3.53. The molecule has 2 heteroatoms. The largest absolute Gasteiger partial charge is 0.299 e. The lowest BCUT2D eigenvalue weighted by Gasteiger charge is -2.36. The molecule has 0 aromatic heterocycles. The zero-order valence-corrected chi connectivity index (χ0v) is 9.55. The fourth-order valence-corrected chi connectivity index (χ4v) is 1.60. The topological polar surface area (TPSA) is 17.1 Å². The normalized spacial score (nSPS) is 20.4. The van der Waals surface area contributed by atoms with E-state index in [0.717, 1.165) is 12.8 Å². The van der Waals surface area contributed by atoms with Crippen LogP contribution in [-0.2, 0) is 4.79 Å². The van der Waals surface area contributed by atoms with Gasteiger partial charge in [-0.25, -0.2) is 0 Å². The number of carbonyl (C=O) groups excluding carboxylic acids is 1. The van der Waals surface area contributed by atoms with Gasteiger partial charge < -0.3 is 0 Å². The Kier molecular flexibility index (Phi) is 4.73. The molecule has 0 aromatic carbocycles. The van der Waals surface area contributed by atoms with E-state index in [1.54, 1.807) is 6.92 Å². The Labute approximate surface area is 83.7 Å². The van der Waals surface area contributed by atoms with Crippen LogP contribution in [0.3, 0.4) is 0 Å². The smallest absolute Gasteiger partial charge is 0.135 e. The molecule has 0 aliphatic rings. The predicted molar refractivity (Wildman–Crippen MR) is 58.0 cm³/mol. The molecular weight excluding hydrogens is 159 g/mol. The molecule has 0 aromatic rings. The molecule has 0 aliphatic carbocycles. The van der Waals surface area contributed by atoms with Gasteiger partial charge in [0.2, 0.25) is 0 Å². The van der Waals surface area contributed by atoms with E-state index >= 15 is 0 Å². The molecule has 0 amide bonds. The lowest BCUT2D eigenvalue weighted by molar-refractivity contribution is -0.126. The molecule has 3 atom stereocenters. The van der Waals surface area contributed by atoms with Gasteiger partial charge >= 0.3 is 0 Å². The Hall–Kier alpha value is -0.265. The van der Waals surface area contributed by atoms with Gasteiger partial charge in [0, 0.05) is 5.41 Å². The SMILES string of the molecule is [B]C(C(C)CC)C(C)(CC)C(C)=O. The number of ketones is 1. The molecule has 0 aliphatic heterocycles. The number of hydrogen-bond acceptors (Lipinski definition) is 1. The van der Waals surface area contributed by atoms with E-state index in [1.165, 1.54) is 0 Å². The molecule has 3 unspecified atom stereocenters. The molecule has 0 bridgehead atoms. The van der Waals surface area contributed by atoms with Gasteiger partial charge in [0.15, 0.2) is 0 Å². The van der Waals surface area contributed by atoms with Crippen molar-refractivity contribution in [1.82, 2.24) is 0 Å². The summed E-state index contributed by atoms with van der Waals surface area (Å²) in [5, 5.41) is 0. The van der Waals surface area contributed by atoms with E-state index in [-0.39, 0.29) is 17.0 Å². The minimum Gasteiger partial charge on any atom is -0.299 e. The summed E-state index contributed by atoms with van der Waals surface area (Å²) < 4.78 is 0. The van der Waals surface area contributed by atoms with Crippen molar-refractivity contribution in [2.45, 2.75) is 53.3 Å². The van der Waals surface area contributed by atoms with Crippen molar-refractivity contribution in [2.24, 2.45) is 11.3 Å². The van der Waals surface area contributed by atoms with E-state index in [0.29, 0.717) is 5.92 Å². The molecule has 0 fully saturated rings. The van der Waals surface area contributed by atoms with Gasteiger partial charge in [-0.3, -0.25) is 4.79 Å². The van der Waals surface area contributed by atoms with Gasteiger partial charge in [-0.05, 0) is 19.3 Å². The highest BCUT2D eigenvalue weighted by molar-refractivity contribution is 6.14. The van der Waals surface area contributed by atoms with Crippen molar-refractivity contribution in [3.05, 3.63) is 0 Å².